The van der Waals surface area contributed by atoms with Crippen molar-refractivity contribution in [3.8, 4) is 0 Å². The number of aliphatic carboxylic acids is 1. The zero-order valence-corrected chi connectivity index (χ0v) is 6.66. The summed E-state index contributed by atoms with van der Waals surface area (Å²) in [6.07, 6.45) is -14.2. The maximum absolute atomic E-state index is 12.6. The van der Waals surface area contributed by atoms with Crippen molar-refractivity contribution in [3.05, 3.63) is 12.2 Å². The number of hydrogen-bond acceptors (Lipinski definition) is 1. The summed E-state index contributed by atoms with van der Waals surface area (Å²) in [4.78, 5) is 9.71. The zero-order chi connectivity index (χ0) is 12.5. The number of carboxylic acid groups (broad SMARTS) is 1. The Balaban J connectivity index is 5.34. The van der Waals surface area contributed by atoms with E-state index in [-0.39, 0.29) is 0 Å². The molecule has 0 radical (unpaired) electrons. The summed E-state index contributed by atoms with van der Waals surface area (Å²) in [6.45, 7) is 0. The molecule has 0 aromatic heterocycles. The highest BCUT2D eigenvalue weighted by atomic mass is 19.4. The van der Waals surface area contributed by atoms with E-state index in [1.165, 1.54) is 0 Å². The first kappa shape index (κ1) is 13.7. The van der Waals surface area contributed by atoms with Crippen molar-refractivity contribution in [1.29, 1.82) is 0 Å². The Kier molecular flexibility index (Phi) is 3.39. The minimum atomic E-state index is -6.27. The predicted octanol–water partition coefficient (Wildman–Crippen LogP) is 2.46. The van der Waals surface area contributed by atoms with Crippen LogP contribution in [0.1, 0.15) is 0 Å². The first-order valence-electron chi connectivity index (χ1n) is 3.16. The van der Waals surface area contributed by atoms with Crippen LogP contribution in [-0.4, -0.2) is 29.1 Å². The number of halogens is 7. The number of rotatable bonds is 2. The molecule has 0 aliphatic heterocycles. The van der Waals surface area contributed by atoms with E-state index in [9.17, 15) is 35.5 Å². The fourth-order valence-corrected chi connectivity index (χ4v) is 0.536. The topological polar surface area (TPSA) is 37.3 Å². The molecule has 0 unspecified atom stereocenters. The van der Waals surface area contributed by atoms with E-state index in [0.29, 0.717) is 0 Å². The smallest absolute Gasteiger partial charge is 0.435 e. The molecule has 0 aromatic rings. The number of hydrogen-bond donors (Lipinski definition) is 1. The van der Waals surface area contributed by atoms with Crippen molar-refractivity contribution < 1.29 is 40.6 Å². The van der Waals surface area contributed by atoms with Gasteiger partial charge < -0.3 is 5.11 Å². The Labute approximate surface area is 78.0 Å². The summed E-state index contributed by atoms with van der Waals surface area (Å²) in [5, 5.41) is 7.82. The molecule has 0 aliphatic carbocycles. The molecule has 0 amide bonds. The Bertz CT molecular complexity index is 260. The SMILES string of the molecule is O=C(O)/C=C\C(F)(C(F)(F)F)C(F)(F)F. The lowest BCUT2D eigenvalue weighted by atomic mass is 10.0. The van der Waals surface area contributed by atoms with Crippen LogP contribution in [0.2, 0.25) is 0 Å². The molecule has 15 heavy (non-hydrogen) atoms. The van der Waals surface area contributed by atoms with E-state index in [2.05, 4.69) is 0 Å². The standard InChI is InChI=1S/C6H3F7O2/c7-4(5(8,9)10,6(11,12)13)2-1-3(14)15/h1-2H,(H,14,15)/b2-1-. The maximum atomic E-state index is 12.6. The van der Waals surface area contributed by atoms with Gasteiger partial charge in [-0.2, -0.15) is 26.3 Å². The van der Waals surface area contributed by atoms with Crippen molar-refractivity contribution in [3.63, 3.8) is 0 Å². The minimum absolute atomic E-state index is 0.555. The molecule has 2 nitrogen and oxygen atoms in total. The minimum Gasteiger partial charge on any atom is -0.478 e. The largest absolute Gasteiger partial charge is 0.478 e. The summed E-state index contributed by atoms with van der Waals surface area (Å²) in [5.41, 5.74) is -5.65. The summed E-state index contributed by atoms with van der Waals surface area (Å²) < 4.78 is 82.8. The molecule has 0 saturated heterocycles. The van der Waals surface area contributed by atoms with Crippen LogP contribution in [-0.2, 0) is 4.79 Å². The molecule has 9 heteroatoms. The lowest BCUT2D eigenvalue weighted by Gasteiger charge is -2.26. The van der Waals surface area contributed by atoms with Gasteiger partial charge in [-0.3, -0.25) is 0 Å². The molecule has 0 spiro atoms. The van der Waals surface area contributed by atoms with Crippen molar-refractivity contribution in [1.82, 2.24) is 0 Å². The molecular formula is C6H3F7O2. The highest BCUT2D eigenvalue weighted by Gasteiger charge is 2.71. The quantitative estimate of drug-likeness (QED) is 0.594. The zero-order valence-electron chi connectivity index (χ0n) is 6.66. The molecule has 0 aromatic carbocycles. The van der Waals surface area contributed by atoms with Crippen LogP contribution in [0.15, 0.2) is 12.2 Å². The van der Waals surface area contributed by atoms with Crippen LogP contribution in [0.4, 0.5) is 30.7 Å². The van der Waals surface area contributed by atoms with Crippen molar-refractivity contribution >= 4 is 5.97 Å². The predicted molar refractivity (Wildman–Crippen MR) is 32.7 cm³/mol. The third-order valence-corrected chi connectivity index (χ3v) is 1.28. The third kappa shape index (κ3) is 2.83. The summed E-state index contributed by atoms with van der Waals surface area (Å²) >= 11 is 0. The molecule has 0 aliphatic rings. The Morgan fingerprint density at radius 3 is 1.47 bits per heavy atom. The van der Waals surface area contributed by atoms with Gasteiger partial charge in [0.2, 0.25) is 0 Å². The molecule has 0 saturated carbocycles. The average molecular weight is 240 g/mol. The molecule has 0 atom stereocenters. The van der Waals surface area contributed by atoms with Gasteiger partial charge in [0.25, 0.3) is 0 Å². The normalized spacial score (nSPS) is 14.6. The number of carbonyl (C=O) groups is 1. The van der Waals surface area contributed by atoms with Crippen LogP contribution in [0, 0.1) is 0 Å². The highest BCUT2D eigenvalue weighted by Crippen LogP contribution is 2.46. The van der Waals surface area contributed by atoms with E-state index in [1.54, 1.807) is 0 Å². The van der Waals surface area contributed by atoms with Gasteiger partial charge in [-0.05, 0) is 6.08 Å². The van der Waals surface area contributed by atoms with Gasteiger partial charge in [0.15, 0.2) is 0 Å². The number of alkyl halides is 7. The van der Waals surface area contributed by atoms with Crippen LogP contribution in [0.3, 0.4) is 0 Å². The molecule has 0 rings (SSSR count). The first-order chi connectivity index (χ1) is 6.42. The van der Waals surface area contributed by atoms with Gasteiger partial charge in [-0.1, -0.05) is 0 Å². The Morgan fingerprint density at radius 1 is 0.933 bits per heavy atom. The van der Waals surface area contributed by atoms with Crippen molar-refractivity contribution in [2.24, 2.45) is 0 Å². The van der Waals surface area contributed by atoms with E-state index < -0.39 is 36.1 Å². The summed E-state index contributed by atoms with van der Waals surface area (Å²) in [7, 11) is 0. The molecule has 0 fully saturated rings. The van der Waals surface area contributed by atoms with Crippen LogP contribution >= 0.6 is 0 Å². The van der Waals surface area contributed by atoms with E-state index in [0.717, 1.165) is 0 Å². The van der Waals surface area contributed by atoms with Gasteiger partial charge >= 0.3 is 24.0 Å². The van der Waals surface area contributed by atoms with Gasteiger partial charge in [0, 0.05) is 6.08 Å². The second kappa shape index (κ2) is 3.70. The van der Waals surface area contributed by atoms with Gasteiger partial charge in [0.05, 0.1) is 0 Å². The lowest BCUT2D eigenvalue weighted by molar-refractivity contribution is -0.322. The third-order valence-electron chi connectivity index (χ3n) is 1.28. The van der Waals surface area contributed by atoms with Crippen LogP contribution in [0.5, 0.6) is 0 Å². The maximum Gasteiger partial charge on any atom is 0.435 e. The van der Waals surface area contributed by atoms with Crippen molar-refractivity contribution in [2.75, 3.05) is 0 Å². The number of allylic oxidation sites excluding steroid dienone is 1. The molecular weight excluding hydrogens is 237 g/mol. The fraction of sp³-hybridized carbons (Fsp3) is 0.500. The summed E-state index contributed by atoms with van der Waals surface area (Å²) in [6, 6.07) is 0. The second-order valence-corrected chi connectivity index (χ2v) is 2.38. The van der Waals surface area contributed by atoms with Gasteiger partial charge in [0.1, 0.15) is 0 Å². The van der Waals surface area contributed by atoms with E-state index >= 15 is 0 Å². The second-order valence-electron chi connectivity index (χ2n) is 2.38. The summed E-state index contributed by atoms with van der Waals surface area (Å²) in [5.74, 6) is -2.12. The monoisotopic (exact) mass is 240 g/mol. The van der Waals surface area contributed by atoms with E-state index in [1.807, 2.05) is 0 Å². The van der Waals surface area contributed by atoms with Gasteiger partial charge in [-0.25, -0.2) is 9.18 Å². The first-order valence-corrected chi connectivity index (χ1v) is 3.16. The average Bonchev–Trinajstić information content (AvgIpc) is 1.95. The van der Waals surface area contributed by atoms with Gasteiger partial charge in [-0.15, -0.1) is 0 Å². The molecule has 0 bridgehead atoms. The molecule has 1 N–H and O–H groups in total. The van der Waals surface area contributed by atoms with Crippen LogP contribution in [0.25, 0.3) is 0 Å². The highest BCUT2D eigenvalue weighted by molar-refractivity contribution is 5.80. The lowest BCUT2D eigenvalue weighted by Crippen LogP contribution is -2.51. The van der Waals surface area contributed by atoms with Crippen LogP contribution < -0.4 is 0 Å². The Morgan fingerprint density at radius 2 is 1.27 bits per heavy atom. The fourth-order valence-electron chi connectivity index (χ4n) is 0.536. The molecule has 88 valence electrons. The Hall–Kier alpha value is -1.28. The molecule has 0 heterocycles. The number of carboxylic acids is 1. The van der Waals surface area contributed by atoms with Crippen molar-refractivity contribution in [2.45, 2.75) is 18.0 Å². The van der Waals surface area contributed by atoms with E-state index in [4.69, 9.17) is 5.11 Å².